The number of carbonyl (C=O) groups is 2. The summed E-state index contributed by atoms with van der Waals surface area (Å²) in [5.74, 6) is -0.576. The molecule has 1 atom stereocenters. The lowest BCUT2D eigenvalue weighted by Gasteiger charge is -2.33. The number of hydrogen-bond acceptors (Lipinski definition) is 5. The van der Waals surface area contributed by atoms with Gasteiger partial charge < -0.3 is 15.0 Å². The van der Waals surface area contributed by atoms with Gasteiger partial charge >= 0.3 is 0 Å². The summed E-state index contributed by atoms with van der Waals surface area (Å²) in [6, 6.07) is 18.6. The first-order valence-electron chi connectivity index (χ1n) is 14.4. The van der Waals surface area contributed by atoms with Crippen LogP contribution in [0.2, 0.25) is 10.0 Å². The molecular weight excluding hydrogens is 609 g/mol. The zero-order valence-corrected chi connectivity index (χ0v) is 26.7. The van der Waals surface area contributed by atoms with E-state index in [1.54, 1.807) is 74.5 Å². The van der Waals surface area contributed by atoms with Crippen molar-refractivity contribution in [2.24, 2.45) is 0 Å². The quantitative estimate of drug-likeness (QED) is 0.244. The van der Waals surface area contributed by atoms with Crippen molar-refractivity contribution in [3.8, 4) is 5.75 Å². The van der Waals surface area contributed by atoms with Crippen LogP contribution < -0.4 is 14.4 Å². The molecule has 43 heavy (non-hydrogen) atoms. The predicted octanol–water partition coefficient (Wildman–Crippen LogP) is 6.45. The molecule has 1 saturated carbocycles. The Kier molecular flexibility index (Phi) is 11.3. The smallest absolute Gasteiger partial charge is 0.264 e. The normalized spacial score (nSPS) is 14.5. The van der Waals surface area contributed by atoms with Gasteiger partial charge in [0.25, 0.3) is 10.0 Å². The molecule has 0 bridgehead atoms. The van der Waals surface area contributed by atoms with E-state index < -0.39 is 28.5 Å². The molecular formula is C32H37Cl2N3O5S. The molecule has 1 N–H and O–H groups in total. The number of hydrogen-bond donors (Lipinski definition) is 1. The van der Waals surface area contributed by atoms with Crippen molar-refractivity contribution in [3.05, 3.63) is 88.4 Å². The lowest BCUT2D eigenvalue weighted by molar-refractivity contribution is -0.139. The second-order valence-electron chi connectivity index (χ2n) is 10.5. The number of nitrogens with one attached hydrogen (secondary N) is 1. The fourth-order valence-electron chi connectivity index (χ4n) is 5.16. The van der Waals surface area contributed by atoms with E-state index in [-0.39, 0.29) is 29.1 Å². The molecule has 230 valence electrons. The molecule has 0 radical (unpaired) electrons. The third-order valence-corrected chi connectivity index (χ3v) is 9.88. The van der Waals surface area contributed by atoms with E-state index in [4.69, 9.17) is 27.9 Å². The summed E-state index contributed by atoms with van der Waals surface area (Å²) in [5, 5.41) is 3.86. The molecule has 11 heteroatoms. The van der Waals surface area contributed by atoms with E-state index in [2.05, 4.69) is 5.32 Å². The van der Waals surface area contributed by atoms with Crippen LogP contribution in [-0.2, 0) is 26.2 Å². The first-order chi connectivity index (χ1) is 20.6. The molecule has 3 aromatic rings. The summed E-state index contributed by atoms with van der Waals surface area (Å²) >= 11 is 12.6. The van der Waals surface area contributed by atoms with Gasteiger partial charge in [0.2, 0.25) is 11.8 Å². The summed E-state index contributed by atoms with van der Waals surface area (Å²) in [7, 11) is -4.22. The van der Waals surface area contributed by atoms with E-state index in [1.807, 2.05) is 0 Å². The molecule has 0 unspecified atom stereocenters. The van der Waals surface area contributed by atoms with Crippen molar-refractivity contribution >= 4 is 50.7 Å². The van der Waals surface area contributed by atoms with Crippen LogP contribution in [0.15, 0.2) is 77.7 Å². The van der Waals surface area contributed by atoms with Crippen molar-refractivity contribution < 1.29 is 22.7 Å². The van der Waals surface area contributed by atoms with Gasteiger partial charge in [0.1, 0.15) is 18.3 Å². The molecule has 0 heterocycles. The number of halogens is 2. The number of para-hydroxylation sites is 2. The van der Waals surface area contributed by atoms with Crippen LogP contribution >= 0.6 is 23.2 Å². The molecule has 0 aromatic heterocycles. The molecule has 1 fully saturated rings. The second-order valence-corrected chi connectivity index (χ2v) is 13.2. The lowest BCUT2D eigenvalue weighted by Crippen LogP contribution is -2.53. The van der Waals surface area contributed by atoms with Crippen LogP contribution in [0.25, 0.3) is 0 Å². The van der Waals surface area contributed by atoms with E-state index in [0.29, 0.717) is 28.0 Å². The first kappa shape index (κ1) is 32.6. The highest BCUT2D eigenvalue weighted by molar-refractivity contribution is 7.92. The van der Waals surface area contributed by atoms with Crippen molar-refractivity contribution in [1.82, 2.24) is 10.2 Å². The molecule has 8 nitrogen and oxygen atoms in total. The second kappa shape index (κ2) is 14.9. The zero-order valence-electron chi connectivity index (χ0n) is 24.3. The summed E-state index contributed by atoms with van der Waals surface area (Å²) < 4.78 is 34.9. The van der Waals surface area contributed by atoms with Gasteiger partial charge in [-0.25, -0.2) is 8.42 Å². The number of sulfonamides is 1. The fraction of sp³-hybridized carbons (Fsp3) is 0.375. The summed E-state index contributed by atoms with van der Waals surface area (Å²) in [5.41, 5.74) is 0.786. The van der Waals surface area contributed by atoms with E-state index in [9.17, 15) is 18.0 Å². The monoisotopic (exact) mass is 645 g/mol. The Morgan fingerprint density at radius 3 is 2.33 bits per heavy atom. The number of anilines is 1. The average molecular weight is 647 g/mol. The fourth-order valence-corrected chi connectivity index (χ4v) is 7.07. The van der Waals surface area contributed by atoms with Gasteiger partial charge in [-0.2, -0.15) is 0 Å². The Morgan fingerprint density at radius 2 is 1.65 bits per heavy atom. The maximum Gasteiger partial charge on any atom is 0.264 e. The Morgan fingerprint density at radius 1 is 0.977 bits per heavy atom. The zero-order chi connectivity index (χ0) is 31.0. The average Bonchev–Trinajstić information content (AvgIpc) is 3.00. The van der Waals surface area contributed by atoms with E-state index in [1.165, 1.54) is 17.0 Å². The Bertz CT molecular complexity index is 1510. The molecule has 2 amide bonds. The van der Waals surface area contributed by atoms with Gasteiger partial charge in [0, 0.05) is 22.6 Å². The molecule has 0 aliphatic heterocycles. The van der Waals surface area contributed by atoms with Crippen LogP contribution in [-0.4, -0.2) is 50.4 Å². The van der Waals surface area contributed by atoms with E-state index >= 15 is 0 Å². The van der Waals surface area contributed by atoms with Crippen molar-refractivity contribution in [2.45, 2.75) is 69.5 Å². The van der Waals surface area contributed by atoms with Crippen molar-refractivity contribution in [3.63, 3.8) is 0 Å². The lowest BCUT2D eigenvalue weighted by atomic mass is 9.95. The highest BCUT2D eigenvalue weighted by Crippen LogP contribution is 2.33. The van der Waals surface area contributed by atoms with Crippen LogP contribution in [0, 0.1) is 0 Å². The highest BCUT2D eigenvalue weighted by atomic mass is 35.5. The largest absolute Gasteiger partial charge is 0.492 e. The molecule has 1 aliphatic rings. The minimum Gasteiger partial charge on any atom is -0.492 e. The third kappa shape index (κ3) is 8.22. The summed E-state index contributed by atoms with van der Waals surface area (Å²) in [6.45, 7) is 3.13. The molecule has 3 aromatic carbocycles. The molecule has 0 spiro atoms. The van der Waals surface area contributed by atoms with Crippen LogP contribution in [0.1, 0.15) is 51.5 Å². The minimum absolute atomic E-state index is 0.0180. The van der Waals surface area contributed by atoms with Crippen LogP contribution in [0.5, 0.6) is 5.75 Å². The van der Waals surface area contributed by atoms with E-state index in [0.717, 1.165) is 36.4 Å². The maximum atomic E-state index is 14.2. The van der Waals surface area contributed by atoms with Crippen LogP contribution in [0.4, 0.5) is 5.69 Å². The summed E-state index contributed by atoms with van der Waals surface area (Å²) in [6.07, 6.45) is 4.97. The Hall–Kier alpha value is -3.27. The van der Waals surface area contributed by atoms with Gasteiger partial charge in [-0.15, -0.1) is 0 Å². The van der Waals surface area contributed by atoms with Crippen molar-refractivity contribution in [1.29, 1.82) is 0 Å². The molecule has 4 rings (SSSR count). The van der Waals surface area contributed by atoms with Gasteiger partial charge in [-0.05, 0) is 68.7 Å². The number of carbonyl (C=O) groups excluding carboxylic acids is 2. The van der Waals surface area contributed by atoms with Crippen molar-refractivity contribution in [2.75, 3.05) is 17.5 Å². The number of benzene rings is 3. The number of amides is 2. The summed E-state index contributed by atoms with van der Waals surface area (Å²) in [4.78, 5) is 29.1. The van der Waals surface area contributed by atoms with Gasteiger partial charge in [-0.1, -0.05) is 78.9 Å². The SMILES string of the molecule is CCOc1ccccc1N(CC(=O)N(Cc1ccc(Cl)cc1Cl)[C@H](C)C(=O)NC1CCCCC1)S(=O)(=O)c1ccccc1. The topological polar surface area (TPSA) is 96.0 Å². The molecule has 1 aliphatic carbocycles. The predicted molar refractivity (Wildman–Crippen MR) is 170 cm³/mol. The third-order valence-electron chi connectivity index (χ3n) is 7.52. The minimum atomic E-state index is -4.22. The first-order valence-corrected chi connectivity index (χ1v) is 16.6. The van der Waals surface area contributed by atoms with Gasteiger partial charge in [-0.3, -0.25) is 13.9 Å². The number of nitrogens with zero attached hydrogens (tertiary/aromatic N) is 2. The Balaban J connectivity index is 1.72. The Labute approximate surface area is 264 Å². The standard InChI is InChI=1S/C32H37Cl2N3O5S/c1-3-42-30-17-11-10-16-29(30)37(43(40,41)27-14-8-5-9-15-27)22-31(38)36(21-24-18-19-25(33)20-28(24)34)23(2)32(39)35-26-12-6-4-7-13-26/h5,8-11,14-20,23,26H,3-4,6-7,12-13,21-22H2,1-2H3,(H,35,39)/t23-/m1/s1. The number of rotatable bonds is 12. The maximum absolute atomic E-state index is 14.2. The number of ether oxygens (including phenoxy) is 1. The van der Waals surface area contributed by atoms with Gasteiger partial charge in [0.15, 0.2) is 0 Å². The molecule has 0 saturated heterocycles. The van der Waals surface area contributed by atoms with Gasteiger partial charge in [0.05, 0.1) is 17.2 Å². The van der Waals surface area contributed by atoms with Crippen LogP contribution in [0.3, 0.4) is 0 Å². The highest BCUT2D eigenvalue weighted by Gasteiger charge is 2.34.